The number of anilines is 1. The van der Waals surface area contributed by atoms with E-state index in [9.17, 15) is 9.59 Å². The van der Waals surface area contributed by atoms with Crippen molar-refractivity contribution in [2.24, 2.45) is 5.92 Å². The molecule has 0 atom stereocenters. The minimum Gasteiger partial charge on any atom is -0.353 e. The van der Waals surface area contributed by atoms with Gasteiger partial charge in [0, 0.05) is 44.7 Å². The van der Waals surface area contributed by atoms with Gasteiger partial charge >= 0.3 is 0 Å². The molecule has 1 aliphatic heterocycles. The Morgan fingerprint density at radius 3 is 2.58 bits per heavy atom. The molecule has 2 heterocycles. The first-order chi connectivity index (χ1) is 15.9. The van der Waals surface area contributed by atoms with Gasteiger partial charge in [0.15, 0.2) is 5.82 Å². The van der Waals surface area contributed by atoms with E-state index in [0.717, 1.165) is 30.0 Å². The highest BCUT2D eigenvalue weighted by Gasteiger charge is 2.24. The number of hydrogen-bond acceptors (Lipinski definition) is 5. The average molecular weight is 470 g/mol. The zero-order valence-corrected chi connectivity index (χ0v) is 20.2. The minimum atomic E-state index is -0.0315. The Hall–Kier alpha value is -2.93. The van der Waals surface area contributed by atoms with Crippen molar-refractivity contribution >= 4 is 29.2 Å². The maximum Gasteiger partial charge on any atom is 0.242 e. The highest BCUT2D eigenvalue weighted by molar-refractivity contribution is 6.33. The topological polar surface area (TPSA) is 69.6 Å². The van der Waals surface area contributed by atoms with Crippen molar-refractivity contribution in [2.75, 3.05) is 44.2 Å². The van der Waals surface area contributed by atoms with Crippen LogP contribution in [0.3, 0.4) is 0 Å². The molecule has 1 aliphatic rings. The number of halogens is 1. The lowest BCUT2D eigenvalue weighted by molar-refractivity contribution is -0.140. The molecule has 8 heteroatoms. The zero-order valence-electron chi connectivity index (χ0n) is 19.4. The van der Waals surface area contributed by atoms with E-state index in [4.69, 9.17) is 11.6 Å². The standard InChI is InChI=1S/C25H32ClN5O2/c1-4-12-31(24(32)17-19(2)3)18-25(33)30-14-7-13-29(15-16-30)23-11-10-22(27-28-23)20-8-5-6-9-21(20)26/h4-6,8-11,19H,1,7,12-18H2,2-3H3. The van der Waals surface area contributed by atoms with Crippen LogP contribution < -0.4 is 4.90 Å². The van der Waals surface area contributed by atoms with Crippen molar-refractivity contribution in [3.63, 3.8) is 0 Å². The second-order valence-corrected chi connectivity index (χ2v) is 9.05. The fraction of sp³-hybridized carbons (Fsp3) is 0.440. The quantitative estimate of drug-likeness (QED) is 0.548. The zero-order chi connectivity index (χ0) is 23.8. The van der Waals surface area contributed by atoms with Crippen LogP contribution in [0, 0.1) is 5.92 Å². The molecule has 176 valence electrons. The van der Waals surface area contributed by atoms with Crippen molar-refractivity contribution in [3.8, 4) is 11.3 Å². The Morgan fingerprint density at radius 1 is 1.12 bits per heavy atom. The molecule has 0 bridgehead atoms. The van der Waals surface area contributed by atoms with Crippen LogP contribution in [0.5, 0.6) is 0 Å². The van der Waals surface area contributed by atoms with Crippen LogP contribution in [-0.2, 0) is 9.59 Å². The lowest BCUT2D eigenvalue weighted by Gasteiger charge is -2.27. The summed E-state index contributed by atoms with van der Waals surface area (Å²) in [6.07, 6.45) is 2.92. The number of benzene rings is 1. The van der Waals surface area contributed by atoms with Gasteiger partial charge in [0.1, 0.15) is 6.54 Å². The average Bonchev–Trinajstić information content (AvgIpc) is 3.05. The van der Waals surface area contributed by atoms with Crippen LogP contribution in [0.1, 0.15) is 26.7 Å². The van der Waals surface area contributed by atoms with Gasteiger partial charge in [0.2, 0.25) is 11.8 Å². The van der Waals surface area contributed by atoms with Crippen LogP contribution in [0.4, 0.5) is 5.82 Å². The summed E-state index contributed by atoms with van der Waals surface area (Å²) in [7, 11) is 0. The Kier molecular flexibility index (Phi) is 8.83. The summed E-state index contributed by atoms with van der Waals surface area (Å²) in [5.74, 6) is 0.983. The summed E-state index contributed by atoms with van der Waals surface area (Å²) in [6, 6.07) is 11.4. The van der Waals surface area contributed by atoms with Gasteiger partial charge in [-0.1, -0.05) is 49.7 Å². The van der Waals surface area contributed by atoms with Crippen LogP contribution in [-0.4, -0.2) is 71.1 Å². The Morgan fingerprint density at radius 2 is 1.91 bits per heavy atom. The SMILES string of the molecule is C=CCN(CC(=O)N1CCCN(c2ccc(-c3ccccc3Cl)nn2)CC1)C(=O)CC(C)C. The molecule has 7 nitrogen and oxygen atoms in total. The van der Waals surface area contributed by atoms with E-state index >= 15 is 0 Å². The van der Waals surface area contributed by atoms with E-state index in [2.05, 4.69) is 21.7 Å². The molecule has 0 saturated carbocycles. The van der Waals surface area contributed by atoms with E-state index in [1.54, 1.807) is 11.0 Å². The molecule has 3 rings (SSSR count). The van der Waals surface area contributed by atoms with E-state index in [0.29, 0.717) is 37.6 Å². The lowest BCUT2D eigenvalue weighted by atomic mass is 10.1. The van der Waals surface area contributed by atoms with Gasteiger partial charge in [-0.3, -0.25) is 9.59 Å². The second kappa shape index (κ2) is 11.8. The molecular formula is C25H32ClN5O2. The number of aromatic nitrogens is 2. The van der Waals surface area contributed by atoms with Crippen LogP contribution in [0.15, 0.2) is 49.1 Å². The van der Waals surface area contributed by atoms with Crippen molar-refractivity contribution in [1.82, 2.24) is 20.0 Å². The van der Waals surface area contributed by atoms with E-state index in [1.807, 2.05) is 55.1 Å². The molecule has 0 N–H and O–H groups in total. The first-order valence-corrected chi connectivity index (χ1v) is 11.8. The maximum absolute atomic E-state index is 12.9. The third-order valence-electron chi connectivity index (χ3n) is 5.58. The summed E-state index contributed by atoms with van der Waals surface area (Å²) in [4.78, 5) is 31.0. The highest BCUT2D eigenvalue weighted by atomic mass is 35.5. The maximum atomic E-state index is 12.9. The molecule has 0 unspecified atom stereocenters. The number of carbonyl (C=O) groups excluding carboxylic acids is 2. The normalized spacial score (nSPS) is 14.2. The van der Waals surface area contributed by atoms with Gasteiger partial charge in [-0.25, -0.2) is 0 Å². The molecule has 1 aromatic heterocycles. The summed E-state index contributed by atoms with van der Waals surface area (Å²) >= 11 is 6.27. The Balaban J connectivity index is 1.60. The molecule has 1 saturated heterocycles. The van der Waals surface area contributed by atoms with E-state index in [-0.39, 0.29) is 24.3 Å². The van der Waals surface area contributed by atoms with Crippen LogP contribution in [0.25, 0.3) is 11.3 Å². The van der Waals surface area contributed by atoms with Gasteiger partial charge in [-0.05, 0) is 30.5 Å². The summed E-state index contributed by atoms with van der Waals surface area (Å²) in [5.41, 5.74) is 1.58. The lowest BCUT2D eigenvalue weighted by Crippen LogP contribution is -2.44. The van der Waals surface area contributed by atoms with Crippen molar-refractivity contribution in [3.05, 3.63) is 54.1 Å². The predicted octanol–water partition coefficient (Wildman–Crippen LogP) is 3.90. The number of nitrogens with zero attached hydrogens (tertiary/aromatic N) is 5. The van der Waals surface area contributed by atoms with Gasteiger partial charge in [0.25, 0.3) is 0 Å². The molecule has 2 amide bonds. The van der Waals surface area contributed by atoms with Crippen LogP contribution >= 0.6 is 11.6 Å². The monoisotopic (exact) mass is 469 g/mol. The number of hydrogen-bond donors (Lipinski definition) is 0. The third kappa shape index (κ3) is 6.78. The highest BCUT2D eigenvalue weighted by Crippen LogP contribution is 2.26. The fourth-order valence-corrected chi connectivity index (χ4v) is 4.09. The van der Waals surface area contributed by atoms with Crippen molar-refractivity contribution < 1.29 is 9.59 Å². The van der Waals surface area contributed by atoms with Crippen LogP contribution in [0.2, 0.25) is 5.02 Å². The Labute approximate surface area is 201 Å². The summed E-state index contributed by atoms with van der Waals surface area (Å²) in [6.45, 7) is 10.9. The summed E-state index contributed by atoms with van der Waals surface area (Å²) in [5, 5.41) is 9.41. The van der Waals surface area contributed by atoms with E-state index < -0.39 is 0 Å². The van der Waals surface area contributed by atoms with Gasteiger partial charge < -0.3 is 14.7 Å². The largest absolute Gasteiger partial charge is 0.353 e. The number of rotatable bonds is 8. The molecule has 33 heavy (non-hydrogen) atoms. The molecule has 0 aliphatic carbocycles. The predicted molar refractivity (Wildman–Crippen MR) is 132 cm³/mol. The molecule has 0 spiro atoms. The number of amides is 2. The number of carbonyl (C=O) groups is 2. The first-order valence-electron chi connectivity index (χ1n) is 11.4. The van der Waals surface area contributed by atoms with Gasteiger partial charge in [0.05, 0.1) is 10.7 Å². The molecule has 2 aromatic rings. The van der Waals surface area contributed by atoms with E-state index in [1.165, 1.54) is 0 Å². The molecule has 1 aromatic carbocycles. The smallest absolute Gasteiger partial charge is 0.242 e. The third-order valence-corrected chi connectivity index (χ3v) is 5.91. The van der Waals surface area contributed by atoms with Gasteiger partial charge in [-0.15, -0.1) is 16.8 Å². The molecule has 1 fully saturated rings. The summed E-state index contributed by atoms with van der Waals surface area (Å²) < 4.78 is 0. The molecule has 0 radical (unpaired) electrons. The van der Waals surface area contributed by atoms with Crippen molar-refractivity contribution in [2.45, 2.75) is 26.7 Å². The first kappa shape index (κ1) is 24.7. The molecular weight excluding hydrogens is 438 g/mol. The fourth-order valence-electron chi connectivity index (χ4n) is 3.85. The van der Waals surface area contributed by atoms with Gasteiger partial charge in [-0.2, -0.15) is 0 Å². The Bertz CT molecular complexity index is 964. The minimum absolute atomic E-state index is 0.0106. The van der Waals surface area contributed by atoms with Crippen molar-refractivity contribution in [1.29, 1.82) is 0 Å². The second-order valence-electron chi connectivity index (χ2n) is 8.64.